The summed E-state index contributed by atoms with van der Waals surface area (Å²) in [7, 11) is 0. The number of hydrogen-bond acceptors (Lipinski definition) is 4. The molecule has 0 saturated heterocycles. The summed E-state index contributed by atoms with van der Waals surface area (Å²) in [5.74, 6) is 0.582. The van der Waals surface area contributed by atoms with E-state index in [4.69, 9.17) is 13.8 Å². The van der Waals surface area contributed by atoms with Crippen molar-refractivity contribution in [2.75, 3.05) is 4.90 Å². The minimum absolute atomic E-state index is 0.582. The summed E-state index contributed by atoms with van der Waals surface area (Å²) in [5, 5.41) is 6.65. The number of fused-ring (bicyclic) bond motifs is 7. The Kier molecular flexibility index (Phi) is 6.15. The van der Waals surface area contributed by atoms with Gasteiger partial charge in [0.05, 0.1) is 5.69 Å². The maximum atomic E-state index is 6.71. The number of anilines is 3. The molecule has 10 aromatic rings. The number of nitrogens with zero attached hydrogens (tertiary/aromatic N) is 2. The molecule has 2 heterocycles. The second-order valence-electron chi connectivity index (χ2n) is 12.4. The van der Waals surface area contributed by atoms with Crippen molar-refractivity contribution in [3.63, 3.8) is 0 Å². The summed E-state index contributed by atoms with van der Waals surface area (Å²) < 4.78 is 13.0. The minimum atomic E-state index is 0.582. The highest BCUT2D eigenvalue weighted by atomic mass is 16.3. The topological polar surface area (TPSA) is 42.4 Å². The molecule has 2 aromatic heterocycles. The van der Waals surface area contributed by atoms with Crippen molar-refractivity contribution in [2.24, 2.45) is 0 Å². The van der Waals surface area contributed by atoms with Gasteiger partial charge in [0.25, 0.3) is 0 Å². The van der Waals surface area contributed by atoms with Gasteiger partial charge in [-0.1, -0.05) is 115 Å². The van der Waals surface area contributed by atoms with Gasteiger partial charge >= 0.3 is 0 Å². The van der Waals surface area contributed by atoms with Crippen LogP contribution in [0.25, 0.3) is 77.2 Å². The molecule has 0 saturated carbocycles. The molecule has 0 fully saturated rings. The Labute approximate surface area is 282 Å². The molecule has 0 N–H and O–H groups in total. The first-order valence-electron chi connectivity index (χ1n) is 16.5. The third kappa shape index (κ3) is 4.49. The molecule has 0 radical (unpaired) electrons. The van der Waals surface area contributed by atoms with Crippen LogP contribution in [-0.2, 0) is 0 Å². The van der Waals surface area contributed by atoms with E-state index in [2.05, 4.69) is 138 Å². The summed E-state index contributed by atoms with van der Waals surface area (Å²) in [6.45, 7) is 0. The van der Waals surface area contributed by atoms with Gasteiger partial charge in [0.15, 0.2) is 5.58 Å². The largest absolute Gasteiger partial charge is 0.456 e. The van der Waals surface area contributed by atoms with Crippen molar-refractivity contribution < 1.29 is 8.83 Å². The lowest BCUT2D eigenvalue weighted by atomic mass is 9.98. The summed E-state index contributed by atoms with van der Waals surface area (Å²) in [4.78, 5) is 7.21. The van der Waals surface area contributed by atoms with Gasteiger partial charge in [-0.15, -0.1) is 0 Å². The van der Waals surface area contributed by atoms with E-state index in [9.17, 15) is 0 Å². The average molecular weight is 629 g/mol. The van der Waals surface area contributed by atoms with Crippen molar-refractivity contribution in [1.82, 2.24) is 4.98 Å². The lowest BCUT2D eigenvalue weighted by Gasteiger charge is -2.27. The lowest BCUT2D eigenvalue weighted by Crippen LogP contribution is -2.10. The standard InChI is InChI=1S/C45H28N2O2/c1-2-11-29(12-3-1)31-21-24-33(25-22-31)47(34-26-23-30-13-4-5-14-32(30)27-34)39-28-42-43(36-16-7-6-15-35(36)39)44-37(17-10-20-41(44)48-42)45-46-38-18-8-9-19-40(38)49-45/h1-28H. The zero-order valence-electron chi connectivity index (χ0n) is 26.4. The SMILES string of the molecule is c1ccc(-c2ccc(N(c3ccc4ccccc4c3)c3cc4oc5cccc(-c6nc7ccccc7o6)c5c4c4ccccc34)cc2)cc1. The second kappa shape index (κ2) is 11.0. The van der Waals surface area contributed by atoms with Crippen LogP contribution in [0.5, 0.6) is 0 Å². The number of rotatable bonds is 5. The van der Waals surface area contributed by atoms with Crippen LogP contribution in [0.1, 0.15) is 0 Å². The Bertz CT molecular complexity index is 2800. The second-order valence-corrected chi connectivity index (χ2v) is 12.4. The number of oxazole rings is 1. The van der Waals surface area contributed by atoms with E-state index in [1.54, 1.807) is 0 Å². The predicted molar refractivity (Wildman–Crippen MR) is 202 cm³/mol. The van der Waals surface area contributed by atoms with Gasteiger partial charge in [-0.05, 0) is 75.8 Å². The monoisotopic (exact) mass is 628 g/mol. The van der Waals surface area contributed by atoms with Crippen LogP contribution in [0.3, 0.4) is 0 Å². The Morgan fingerprint density at radius 1 is 0.429 bits per heavy atom. The van der Waals surface area contributed by atoms with Gasteiger partial charge in [-0.3, -0.25) is 0 Å². The van der Waals surface area contributed by atoms with E-state index in [1.165, 1.54) is 21.9 Å². The summed E-state index contributed by atoms with van der Waals surface area (Å²) >= 11 is 0. The van der Waals surface area contributed by atoms with Crippen LogP contribution in [0, 0.1) is 0 Å². The van der Waals surface area contributed by atoms with Crippen molar-refractivity contribution in [1.29, 1.82) is 0 Å². The van der Waals surface area contributed by atoms with Crippen LogP contribution in [0.15, 0.2) is 179 Å². The summed E-state index contributed by atoms with van der Waals surface area (Å²) in [6, 6.07) is 59.3. The maximum absolute atomic E-state index is 6.71. The molecular weight excluding hydrogens is 601 g/mol. The zero-order valence-corrected chi connectivity index (χ0v) is 26.4. The van der Waals surface area contributed by atoms with Crippen LogP contribution in [0.4, 0.5) is 17.1 Å². The molecule has 49 heavy (non-hydrogen) atoms. The highest BCUT2D eigenvalue weighted by molar-refractivity contribution is 6.25. The van der Waals surface area contributed by atoms with E-state index in [0.29, 0.717) is 5.89 Å². The zero-order chi connectivity index (χ0) is 32.3. The van der Waals surface area contributed by atoms with Gasteiger partial charge in [0.1, 0.15) is 16.7 Å². The molecule has 0 aliphatic carbocycles. The molecule has 8 aromatic carbocycles. The molecule has 10 rings (SSSR count). The lowest BCUT2D eigenvalue weighted by molar-refractivity contribution is 0.620. The molecule has 0 atom stereocenters. The quantitative estimate of drug-likeness (QED) is 0.190. The first kappa shape index (κ1) is 27.5. The fraction of sp³-hybridized carbons (Fsp3) is 0. The third-order valence-corrected chi connectivity index (χ3v) is 9.47. The molecule has 4 nitrogen and oxygen atoms in total. The fourth-order valence-corrected chi connectivity index (χ4v) is 7.19. The molecule has 0 unspecified atom stereocenters. The third-order valence-electron chi connectivity index (χ3n) is 9.47. The molecule has 0 amide bonds. The van der Waals surface area contributed by atoms with Crippen molar-refractivity contribution in [2.45, 2.75) is 0 Å². The van der Waals surface area contributed by atoms with Crippen LogP contribution >= 0.6 is 0 Å². The normalized spacial score (nSPS) is 11.7. The Hall–Kier alpha value is -6.65. The van der Waals surface area contributed by atoms with E-state index in [1.807, 2.05) is 36.4 Å². The Balaban J connectivity index is 1.23. The van der Waals surface area contributed by atoms with Crippen molar-refractivity contribution >= 4 is 71.6 Å². The highest BCUT2D eigenvalue weighted by Gasteiger charge is 2.23. The van der Waals surface area contributed by atoms with E-state index in [-0.39, 0.29) is 0 Å². The van der Waals surface area contributed by atoms with Gasteiger partial charge < -0.3 is 13.7 Å². The average Bonchev–Trinajstić information content (AvgIpc) is 3.77. The number of aromatic nitrogens is 1. The first-order chi connectivity index (χ1) is 24.3. The number of para-hydroxylation sites is 2. The van der Waals surface area contributed by atoms with Crippen LogP contribution < -0.4 is 4.90 Å². The number of furan rings is 1. The van der Waals surface area contributed by atoms with Gasteiger partial charge in [-0.2, -0.15) is 0 Å². The Morgan fingerprint density at radius 3 is 1.98 bits per heavy atom. The van der Waals surface area contributed by atoms with Crippen LogP contribution in [0.2, 0.25) is 0 Å². The van der Waals surface area contributed by atoms with Crippen molar-refractivity contribution in [3.05, 3.63) is 170 Å². The van der Waals surface area contributed by atoms with Gasteiger partial charge in [0, 0.05) is 39.2 Å². The number of hydrogen-bond donors (Lipinski definition) is 0. The smallest absolute Gasteiger partial charge is 0.228 e. The maximum Gasteiger partial charge on any atom is 0.228 e. The van der Waals surface area contributed by atoms with E-state index in [0.717, 1.165) is 66.4 Å². The highest BCUT2D eigenvalue weighted by Crippen LogP contribution is 2.47. The minimum Gasteiger partial charge on any atom is -0.456 e. The number of benzene rings is 8. The van der Waals surface area contributed by atoms with Gasteiger partial charge in [-0.25, -0.2) is 4.98 Å². The molecule has 4 heteroatoms. The summed E-state index contributed by atoms with van der Waals surface area (Å²) in [5.41, 5.74) is 9.63. The van der Waals surface area contributed by atoms with Crippen LogP contribution in [-0.4, -0.2) is 4.98 Å². The fourth-order valence-electron chi connectivity index (χ4n) is 7.19. The van der Waals surface area contributed by atoms with E-state index < -0.39 is 0 Å². The summed E-state index contributed by atoms with van der Waals surface area (Å²) in [6.07, 6.45) is 0. The predicted octanol–water partition coefficient (Wildman–Crippen LogP) is 12.8. The molecule has 0 spiro atoms. The van der Waals surface area contributed by atoms with Crippen molar-refractivity contribution in [3.8, 4) is 22.6 Å². The molecule has 0 aliphatic heterocycles. The van der Waals surface area contributed by atoms with E-state index >= 15 is 0 Å². The molecular formula is C45H28N2O2. The van der Waals surface area contributed by atoms with Gasteiger partial charge in [0.2, 0.25) is 5.89 Å². The molecule has 0 aliphatic rings. The Morgan fingerprint density at radius 2 is 1.12 bits per heavy atom. The molecule has 230 valence electrons. The molecule has 0 bridgehead atoms. The first-order valence-corrected chi connectivity index (χ1v) is 16.5.